The lowest BCUT2D eigenvalue weighted by atomic mass is 9.37. The molecule has 88 heavy (non-hydrogen) atoms. The summed E-state index contributed by atoms with van der Waals surface area (Å²) in [6.07, 6.45) is 5.37. The van der Waals surface area contributed by atoms with E-state index in [1.165, 1.54) is 13.8 Å². The maximum absolute atomic E-state index is 14.0. The second kappa shape index (κ2) is 25.2. The zero-order chi connectivity index (χ0) is 67.7. The number of alkyl halides is 5. The number of esters is 5. The van der Waals surface area contributed by atoms with Crippen LogP contribution in [0.1, 0.15) is 234 Å². The number of carbonyl (C=O) groups excluding carboxylic acids is 5. The first-order valence-corrected chi connectivity index (χ1v) is 33.0. The summed E-state index contributed by atoms with van der Waals surface area (Å²) in [6.45, 7) is 31.7. The molecule has 9 rings (SSSR count). The molecule has 510 valence electrons. The highest BCUT2D eigenvalue weighted by Gasteiger charge is 2.83. The molecule has 24 heteroatoms. The molecule has 0 aromatic rings. The van der Waals surface area contributed by atoms with Gasteiger partial charge >= 0.3 is 47.7 Å². The number of halogens is 5. The molecule has 4 N–H and O–H groups in total. The third-order valence-corrected chi connectivity index (χ3v) is 23.7. The van der Waals surface area contributed by atoms with Crippen molar-refractivity contribution in [3.63, 3.8) is 0 Å². The van der Waals surface area contributed by atoms with Crippen molar-refractivity contribution >= 4 is 40.0 Å². The molecular formula is C64H105F5O18S. The van der Waals surface area contributed by atoms with Gasteiger partial charge in [-0.05, 0) is 218 Å². The summed E-state index contributed by atoms with van der Waals surface area (Å²) in [5.41, 5.74) is -9.10. The Morgan fingerprint density at radius 2 is 1.07 bits per heavy atom. The first kappa shape index (κ1) is 75.4. The van der Waals surface area contributed by atoms with Crippen LogP contribution in [-0.4, -0.2) is 141 Å². The molecule has 9 unspecified atom stereocenters. The van der Waals surface area contributed by atoms with E-state index in [0.29, 0.717) is 50.9 Å². The molecule has 0 amide bonds. The van der Waals surface area contributed by atoms with Crippen molar-refractivity contribution in [2.45, 2.75) is 304 Å². The van der Waals surface area contributed by atoms with Gasteiger partial charge in [0.05, 0.1) is 50.3 Å². The number of rotatable bonds is 17. The van der Waals surface area contributed by atoms with Crippen LogP contribution in [0.15, 0.2) is 0 Å². The van der Waals surface area contributed by atoms with Gasteiger partial charge in [0.1, 0.15) is 23.9 Å². The van der Waals surface area contributed by atoms with Gasteiger partial charge in [-0.25, -0.2) is 4.79 Å². The minimum Gasteiger partial charge on any atom is -0.462 e. The number of ether oxygens (including phenoxy) is 6. The van der Waals surface area contributed by atoms with Gasteiger partial charge in [-0.1, -0.05) is 27.7 Å². The summed E-state index contributed by atoms with van der Waals surface area (Å²) in [5.74, 6) is -11.3. The summed E-state index contributed by atoms with van der Waals surface area (Å²) in [4.78, 5) is 60.5. The Morgan fingerprint density at radius 1 is 0.614 bits per heavy atom. The van der Waals surface area contributed by atoms with Crippen LogP contribution in [-0.2, 0) is 66.7 Å². The zero-order valence-electron chi connectivity index (χ0n) is 55.6. The number of hydrogen-bond acceptors (Lipinski definition) is 18. The third kappa shape index (κ3) is 15.0. The van der Waals surface area contributed by atoms with Gasteiger partial charge in [0.2, 0.25) is 5.60 Å². The van der Waals surface area contributed by atoms with Gasteiger partial charge in [0.25, 0.3) is 10.1 Å². The minimum atomic E-state index is -5.74. The van der Waals surface area contributed by atoms with E-state index in [-0.39, 0.29) is 52.5 Å². The number of hydrogen-bond donors (Lipinski definition) is 4. The van der Waals surface area contributed by atoms with Crippen molar-refractivity contribution in [2.75, 3.05) is 13.2 Å². The van der Waals surface area contributed by atoms with Crippen LogP contribution < -0.4 is 0 Å². The van der Waals surface area contributed by atoms with Crippen LogP contribution in [0.4, 0.5) is 22.0 Å². The normalized spacial score (nSPS) is 34.6. The van der Waals surface area contributed by atoms with E-state index >= 15 is 0 Å². The largest absolute Gasteiger partial charge is 0.462 e. The maximum Gasteiger partial charge on any atom is 0.449 e. The zero-order valence-corrected chi connectivity index (χ0v) is 56.5. The lowest BCUT2D eigenvalue weighted by molar-refractivity contribution is -0.409. The first-order chi connectivity index (χ1) is 39.6. The van der Waals surface area contributed by atoms with E-state index in [9.17, 15) is 74.8 Å². The monoisotopic (exact) mass is 1290 g/mol. The average molecular weight is 1290 g/mol. The van der Waals surface area contributed by atoms with Gasteiger partial charge in [0, 0.05) is 22.7 Å². The molecule has 0 radical (unpaired) electrons. The molecule has 18 nitrogen and oxygen atoms in total. The fraction of sp³-hybridized carbons (Fsp3) is 0.922. The molecule has 0 aromatic carbocycles. The summed E-state index contributed by atoms with van der Waals surface area (Å²) < 4.78 is 125. The van der Waals surface area contributed by atoms with Crippen LogP contribution in [0, 0.1) is 56.2 Å². The standard InChI is InChI=1S/C22H38O4.C15H22O7S.C15H28O3.C12H17F5O4/c1-8-17(2,3)16(23)26-22-11-15-9-20(13-22,18(4,5)24)12-21(10-15,14-22)19(6,7)25;1-4-15(2,3)14(17)20-7-11(16)21-12-8-5-9-10(6-8)23(18,19)22-13(9)12;1-6-14(2,3)13(16)18-12-9-7-11(8-10-12)15(4,5)17;1-5-8(2,3)7(18)21-9(4)6-20-11(19,10(9,13)14)12(15,16)17/h15,24-25H,8-14H2,1-7H3;8-10,12-13H,4-7H2,1-3H3;11-12,17H,6-10H2,1-5H3;19H,5-6H2,1-4H3. The molecular weight excluding hydrogens is 1180 g/mol. The fourth-order valence-corrected chi connectivity index (χ4v) is 15.8. The molecule has 2 aliphatic heterocycles. The molecule has 2 saturated heterocycles. The number of carbonyl (C=O) groups is 5. The molecule has 6 bridgehead atoms. The lowest BCUT2D eigenvalue weighted by Gasteiger charge is -2.70. The quantitative estimate of drug-likeness (QED) is 0.0456. The van der Waals surface area contributed by atoms with E-state index in [1.807, 2.05) is 90.0 Å². The Hall–Kier alpha value is -3.29. The van der Waals surface area contributed by atoms with Crippen LogP contribution >= 0.6 is 0 Å². The first-order valence-electron chi connectivity index (χ1n) is 31.5. The van der Waals surface area contributed by atoms with E-state index in [0.717, 1.165) is 64.2 Å². The maximum atomic E-state index is 14.0. The summed E-state index contributed by atoms with van der Waals surface area (Å²) >= 11 is 0. The van der Waals surface area contributed by atoms with E-state index in [4.69, 9.17) is 23.1 Å². The molecule has 9 fully saturated rings. The summed E-state index contributed by atoms with van der Waals surface area (Å²) in [5, 5.41) is 40.9. The Balaban J connectivity index is 0.000000216. The highest BCUT2D eigenvalue weighted by molar-refractivity contribution is 7.87. The fourth-order valence-electron chi connectivity index (χ4n) is 14.0. The van der Waals surface area contributed by atoms with Crippen molar-refractivity contribution < 1.29 is 107 Å². The van der Waals surface area contributed by atoms with Crippen molar-refractivity contribution in [3.05, 3.63) is 0 Å². The minimum absolute atomic E-state index is 0.0130. The molecule has 0 aromatic heterocycles. The van der Waals surface area contributed by atoms with Crippen molar-refractivity contribution in [1.29, 1.82) is 0 Å². The Bertz CT molecular complexity index is 2610. The van der Waals surface area contributed by atoms with Gasteiger partial charge in [-0.2, -0.15) is 30.4 Å². The number of fused-ring (bicyclic) bond motifs is 1. The summed E-state index contributed by atoms with van der Waals surface area (Å²) in [7, 11) is -3.53. The predicted molar refractivity (Wildman–Crippen MR) is 313 cm³/mol. The second-order valence-electron chi connectivity index (χ2n) is 31.4. The van der Waals surface area contributed by atoms with Gasteiger partial charge in [0.15, 0.2) is 6.61 Å². The SMILES string of the molecule is CCC(C)(C)C(=O)OC1(C)COC(O)(C(F)(F)F)C1(F)F.CCC(C)(C)C(=O)OC12CC3CC(C(C)(C)O)(C1)CC(C(C)(C)O)(C3)C2.CCC(C)(C)C(=O)OC1CCC(C(C)(C)O)CC1.CCC(C)(C)C(=O)OCC(=O)OC1C2CC3C1OS(=O)(=O)C3C2. The van der Waals surface area contributed by atoms with Crippen molar-refractivity contribution in [1.82, 2.24) is 0 Å². The molecule has 9 atom stereocenters. The van der Waals surface area contributed by atoms with Crippen molar-refractivity contribution in [3.8, 4) is 0 Å². The highest BCUT2D eigenvalue weighted by atomic mass is 32.2. The van der Waals surface area contributed by atoms with Crippen LogP contribution in [0.3, 0.4) is 0 Å². The Labute approximate surface area is 518 Å². The smallest absolute Gasteiger partial charge is 0.449 e. The van der Waals surface area contributed by atoms with Crippen LogP contribution in [0.25, 0.3) is 0 Å². The van der Waals surface area contributed by atoms with Gasteiger partial charge in [-0.3, -0.25) is 23.4 Å². The molecule has 9 aliphatic rings. The van der Waals surface area contributed by atoms with E-state index in [1.54, 1.807) is 20.8 Å². The van der Waals surface area contributed by atoms with Crippen molar-refractivity contribution in [2.24, 2.45) is 56.2 Å². The third-order valence-electron chi connectivity index (χ3n) is 22.0. The topological polar surface area (TPSA) is 265 Å². The van der Waals surface area contributed by atoms with Gasteiger partial charge in [-0.15, -0.1) is 0 Å². The molecule has 7 aliphatic carbocycles. The highest BCUT2D eigenvalue weighted by Crippen LogP contribution is 2.73. The average Bonchev–Trinajstić information content (AvgIpc) is 0.935. The molecule has 7 saturated carbocycles. The van der Waals surface area contributed by atoms with Crippen LogP contribution in [0.5, 0.6) is 0 Å². The van der Waals surface area contributed by atoms with Crippen LogP contribution in [0.2, 0.25) is 0 Å². The predicted octanol–water partition coefficient (Wildman–Crippen LogP) is 11.2. The van der Waals surface area contributed by atoms with E-state index < -0.39 is 121 Å². The second-order valence-corrected chi connectivity index (χ2v) is 33.2. The van der Waals surface area contributed by atoms with E-state index in [2.05, 4.69) is 9.47 Å². The lowest BCUT2D eigenvalue weighted by Crippen LogP contribution is -2.70. The molecule has 0 spiro atoms. The number of aliphatic hydroxyl groups is 4. The Morgan fingerprint density at radius 3 is 1.50 bits per heavy atom. The summed E-state index contributed by atoms with van der Waals surface area (Å²) in [6, 6.07) is 0. The Kier molecular flexibility index (Phi) is 21.6. The molecule has 2 heterocycles. The van der Waals surface area contributed by atoms with Gasteiger partial charge < -0.3 is 48.8 Å².